The molecule has 19 heavy (non-hydrogen) atoms. The molecule has 0 aliphatic heterocycles. The maximum Gasteiger partial charge on any atom is 0.0908 e. The summed E-state index contributed by atoms with van der Waals surface area (Å²) in [6, 6.07) is 0. The van der Waals surface area contributed by atoms with Crippen LogP contribution in [-0.4, -0.2) is 48.3 Å². The van der Waals surface area contributed by atoms with E-state index in [1.807, 2.05) is 0 Å². The van der Waals surface area contributed by atoms with Gasteiger partial charge in [0.05, 0.1) is 38.1 Å². The van der Waals surface area contributed by atoms with Gasteiger partial charge in [-0.25, -0.2) is 0 Å². The monoisotopic (exact) mass is 274 g/mol. The van der Waals surface area contributed by atoms with Crippen LogP contribution in [0, 0.1) is 0 Å². The molecule has 114 valence electrons. The molecule has 1 aliphatic carbocycles. The first kappa shape index (κ1) is 16.9. The summed E-state index contributed by atoms with van der Waals surface area (Å²) in [7, 11) is 0. The van der Waals surface area contributed by atoms with E-state index in [-0.39, 0.29) is 12.7 Å². The van der Waals surface area contributed by atoms with Crippen molar-refractivity contribution in [1.29, 1.82) is 0 Å². The highest BCUT2D eigenvalue weighted by Crippen LogP contribution is 2.35. The third-order valence-electron chi connectivity index (χ3n) is 3.92. The van der Waals surface area contributed by atoms with E-state index < -0.39 is 5.60 Å². The second-order valence-electron chi connectivity index (χ2n) is 5.50. The number of aliphatic hydroxyl groups excluding tert-OH is 1. The first-order chi connectivity index (χ1) is 9.23. The Kier molecular flexibility index (Phi) is 8.62. The Bertz CT molecular complexity index is 214. The second-order valence-corrected chi connectivity index (χ2v) is 5.50. The van der Waals surface area contributed by atoms with Crippen LogP contribution < -0.4 is 0 Å². The van der Waals surface area contributed by atoms with Gasteiger partial charge in [0.1, 0.15) is 0 Å². The van der Waals surface area contributed by atoms with Crippen LogP contribution in [0.3, 0.4) is 0 Å². The lowest BCUT2D eigenvalue weighted by atomic mass is 9.91. The summed E-state index contributed by atoms with van der Waals surface area (Å²) in [4.78, 5) is 0. The molecule has 2 N–H and O–H groups in total. The van der Waals surface area contributed by atoms with Crippen LogP contribution in [0.4, 0.5) is 0 Å². The quantitative estimate of drug-likeness (QED) is 0.567. The van der Waals surface area contributed by atoms with Gasteiger partial charge < -0.3 is 19.7 Å². The lowest BCUT2D eigenvalue weighted by molar-refractivity contribution is -0.118. The highest BCUT2D eigenvalue weighted by Gasteiger charge is 2.39. The van der Waals surface area contributed by atoms with Crippen LogP contribution in [0.2, 0.25) is 0 Å². The third kappa shape index (κ3) is 6.21. The Balaban J connectivity index is 2.31. The Hall–Kier alpha value is -0.160. The van der Waals surface area contributed by atoms with Crippen LogP contribution in [0.25, 0.3) is 0 Å². The lowest BCUT2D eigenvalue weighted by Crippen LogP contribution is -2.42. The Labute approximate surface area is 117 Å². The van der Waals surface area contributed by atoms with Crippen molar-refractivity contribution in [2.24, 2.45) is 0 Å². The molecule has 0 aromatic heterocycles. The van der Waals surface area contributed by atoms with Crippen molar-refractivity contribution in [2.75, 3.05) is 26.4 Å². The SMILES string of the molecule is CCCCCC(OCCOCCO)C1(O)CCCC1. The van der Waals surface area contributed by atoms with Crippen LogP contribution in [0.1, 0.15) is 58.3 Å². The molecule has 0 radical (unpaired) electrons. The predicted molar refractivity (Wildman–Crippen MR) is 75.2 cm³/mol. The molecule has 1 atom stereocenters. The summed E-state index contributed by atoms with van der Waals surface area (Å²) < 4.78 is 11.1. The third-order valence-corrected chi connectivity index (χ3v) is 3.92. The number of aliphatic hydroxyl groups is 2. The van der Waals surface area contributed by atoms with Gasteiger partial charge in [0.15, 0.2) is 0 Å². The van der Waals surface area contributed by atoms with E-state index in [0.717, 1.165) is 38.5 Å². The molecule has 4 heteroatoms. The maximum atomic E-state index is 10.6. The molecule has 0 spiro atoms. The highest BCUT2D eigenvalue weighted by atomic mass is 16.5. The van der Waals surface area contributed by atoms with E-state index in [2.05, 4.69) is 6.92 Å². The fraction of sp³-hybridized carbons (Fsp3) is 1.00. The average molecular weight is 274 g/mol. The molecule has 1 unspecified atom stereocenters. The molecule has 0 aromatic carbocycles. The number of rotatable bonds is 11. The largest absolute Gasteiger partial charge is 0.394 e. The number of hydrogen-bond acceptors (Lipinski definition) is 4. The van der Waals surface area contributed by atoms with E-state index in [1.165, 1.54) is 12.8 Å². The first-order valence-corrected chi connectivity index (χ1v) is 7.75. The normalized spacial score (nSPS) is 19.7. The standard InChI is InChI=1S/C15H30O4/c1-2-3-4-7-14(15(17)8-5-6-9-15)19-13-12-18-11-10-16/h14,16-17H,2-13H2,1H3. The number of hydrogen-bond donors (Lipinski definition) is 2. The van der Waals surface area contributed by atoms with Gasteiger partial charge in [-0.05, 0) is 19.3 Å². The van der Waals surface area contributed by atoms with Gasteiger partial charge in [-0.2, -0.15) is 0 Å². The minimum atomic E-state index is -0.620. The van der Waals surface area contributed by atoms with E-state index in [4.69, 9.17) is 14.6 Å². The summed E-state index contributed by atoms with van der Waals surface area (Å²) in [5.74, 6) is 0. The van der Waals surface area contributed by atoms with E-state index in [9.17, 15) is 5.11 Å². The highest BCUT2D eigenvalue weighted by molar-refractivity contribution is 4.91. The Morgan fingerprint density at radius 2 is 1.84 bits per heavy atom. The van der Waals surface area contributed by atoms with Gasteiger partial charge in [-0.3, -0.25) is 0 Å². The minimum absolute atomic E-state index is 0.0455. The summed E-state index contributed by atoms with van der Waals surface area (Å²) in [6.07, 6.45) is 8.30. The van der Waals surface area contributed by atoms with Gasteiger partial charge in [-0.1, -0.05) is 39.0 Å². The summed E-state index contributed by atoms with van der Waals surface area (Å²) >= 11 is 0. The molecule has 1 saturated carbocycles. The summed E-state index contributed by atoms with van der Waals surface area (Å²) in [5, 5.41) is 19.3. The van der Waals surface area contributed by atoms with Crippen molar-refractivity contribution >= 4 is 0 Å². The van der Waals surface area contributed by atoms with Gasteiger partial charge >= 0.3 is 0 Å². The van der Waals surface area contributed by atoms with Crippen molar-refractivity contribution in [1.82, 2.24) is 0 Å². The van der Waals surface area contributed by atoms with Crippen molar-refractivity contribution in [2.45, 2.75) is 70.0 Å². The molecule has 1 fully saturated rings. The van der Waals surface area contributed by atoms with Crippen molar-refractivity contribution in [3.05, 3.63) is 0 Å². The molecule has 4 nitrogen and oxygen atoms in total. The molecular weight excluding hydrogens is 244 g/mol. The topological polar surface area (TPSA) is 58.9 Å². The van der Waals surface area contributed by atoms with E-state index >= 15 is 0 Å². The molecule has 1 rings (SSSR count). The van der Waals surface area contributed by atoms with Crippen LogP contribution in [-0.2, 0) is 9.47 Å². The number of unbranched alkanes of at least 4 members (excludes halogenated alkanes) is 2. The number of ether oxygens (including phenoxy) is 2. The molecule has 0 heterocycles. The molecule has 1 aliphatic rings. The zero-order valence-corrected chi connectivity index (χ0v) is 12.3. The van der Waals surface area contributed by atoms with Crippen LogP contribution in [0.15, 0.2) is 0 Å². The zero-order valence-electron chi connectivity index (χ0n) is 12.3. The molecular formula is C15H30O4. The summed E-state index contributed by atoms with van der Waals surface area (Å²) in [6.45, 7) is 3.57. The maximum absolute atomic E-state index is 10.6. The smallest absolute Gasteiger partial charge is 0.0908 e. The lowest BCUT2D eigenvalue weighted by Gasteiger charge is -2.32. The fourth-order valence-electron chi connectivity index (χ4n) is 2.81. The van der Waals surface area contributed by atoms with Crippen LogP contribution >= 0.6 is 0 Å². The Morgan fingerprint density at radius 1 is 1.11 bits per heavy atom. The van der Waals surface area contributed by atoms with Gasteiger partial charge in [-0.15, -0.1) is 0 Å². The van der Waals surface area contributed by atoms with E-state index in [0.29, 0.717) is 19.8 Å². The molecule has 0 amide bonds. The van der Waals surface area contributed by atoms with Crippen molar-refractivity contribution in [3.8, 4) is 0 Å². The Morgan fingerprint density at radius 3 is 2.47 bits per heavy atom. The average Bonchev–Trinajstić information content (AvgIpc) is 2.84. The van der Waals surface area contributed by atoms with E-state index in [1.54, 1.807) is 0 Å². The second kappa shape index (κ2) is 9.70. The van der Waals surface area contributed by atoms with Gasteiger partial charge in [0.2, 0.25) is 0 Å². The molecule has 0 saturated heterocycles. The molecule has 0 bridgehead atoms. The molecule has 0 aromatic rings. The fourth-order valence-corrected chi connectivity index (χ4v) is 2.81. The van der Waals surface area contributed by atoms with Crippen LogP contribution in [0.5, 0.6) is 0 Å². The minimum Gasteiger partial charge on any atom is -0.394 e. The summed E-state index contributed by atoms with van der Waals surface area (Å²) in [5.41, 5.74) is -0.620. The zero-order chi connectivity index (χ0) is 14.0. The first-order valence-electron chi connectivity index (χ1n) is 7.75. The van der Waals surface area contributed by atoms with Crippen molar-refractivity contribution < 1.29 is 19.7 Å². The predicted octanol–water partition coefficient (Wildman–Crippen LogP) is 2.27. The van der Waals surface area contributed by atoms with Gasteiger partial charge in [0, 0.05) is 0 Å². The van der Waals surface area contributed by atoms with Crippen molar-refractivity contribution in [3.63, 3.8) is 0 Å². The van der Waals surface area contributed by atoms with Gasteiger partial charge in [0.25, 0.3) is 0 Å².